The van der Waals surface area contributed by atoms with Crippen molar-refractivity contribution in [3.63, 3.8) is 0 Å². The van der Waals surface area contributed by atoms with Crippen LogP contribution < -0.4 is 10.6 Å². The monoisotopic (exact) mass is 347 g/mol. The summed E-state index contributed by atoms with van der Waals surface area (Å²) in [4.78, 5) is 26.4. The maximum atomic E-state index is 12.2. The minimum Gasteiger partial charge on any atom is -0.385 e. The van der Waals surface area contributed by atoms with E-state index in [0.717, 1.165) is 25.2 Å². The van der Waals surface area contributed by atoms with Gasteiger partial charge in [-0.1, -0.05) is 12.8 Å². The van der Waals surface area contributed by atoms with Crippen LogP contribution in [0.5, 0.6) is 0 Å². The second kappa shape index (κ2) is 10.8. The van der Waals surface area contributed by atoms with Gasteiger partial charge in [0.1, 0.15) is 0 Å². The molecule has 1 aromatic carbocycles. The second-order valence-electron chi connectivity index (χ2n) is 6.42. The van der Waals surface area contributed by atoms with Gasteiger partial charge in [0.25, 0.3) is 5.91 Å². The number of hydrogen-bond donors (Lipinski definition) is 2. The van der Waals surface area contributed by atoms with Crippen LogP contribution in [0, 0.1) is 0 Å². The smallest absolute Gasteiger partial charge is 0.251 e. The molecule has 2 N–H and O–H groups in total. The van der Waals surface area contributed by atoms with E-state index in [4.69, 9.17) is 4.74 Å². The predicted octanol–water partition coefficient (Wildman–Crippen LogP) is 2.27. The van der Waals surface area contributed by atoms with Crippen LogP contribution in [-0.2, 0) is 9.53 Å². The fourth-order valence-corrected chi connectivity index (χ4v) is 2.92. The maximum Gasteiger partial charge on any atom is 0.251 e. The third-order valence-electron chi connectivity index (χ3n) is 4.31. The highest BCUT2D eigenvalue weighted by atomic mass is 16.5. The van der Waals surface area contributed by atoms with Crippen LogP contribution in [-0.4, -0.2) is 56.6 Å². The molecule has 2 rings (SSSR count). The van der Waals surface area contributed by atoms with E-state index in [9.17, 15) is 9.59 Å². The third kappa shape index (κ3) is 7.23. The van der Waals surface area contributed by atoms with E-state index >= 15 is 0 Å². The van der Waals surface area contributed by atoms with Crippen LogP contribution in [0.1, 0.15) is 42.5 Å². The van der Waals surface area contributed by atoms with Gasteiger partial charge in [-0.3, -0.25) is 14.5 Å². The van der Waals surface area contributed by atoms with E-state index in [1.54, 1.807) is 31.4 Å². The Hall–Kier alpha value is -1.92. The van der Waals surface area contributed by atoms with Gasteiger partial charge in [0.2, 0.25) is 5.91 Å². The summed E-state index contributed by atoms with van der Waals surface area (Å²) in [6.45, 7) is 3.64. The minimum atomic E-state index is -0.112. The normalized spacial score (nSPS) is 15.4. The van der Waals surface area contributed by atoms with Crippen molar-refractivity contribution in [1.82, 2.24) is 10.2 Å². The summed E-state index contributed by atoms with van der Waals surface area (Å²) in [5, 5.41) is 5.75. The summed E-state index contributed by atoms with van der Waals surface area (Å²) < 4.78 is 4.95. The Morgan fingerprint density at radius 1 is 1.08 bits per heavy atom. The molecule has 0 atom stereocenters. The van der Waals surface area contributed by atoms with Gasteiger partial charge in [0, 0.05) is 31.5 Å². The lowest BCUT2D eigenvalue weighted by atomic mass is 10.2. The number of nitrogens with zero attached hydrogens (tertiary/aromatic N) is 1. The predicted molar refractivity (Wildman–Crippen MR) is 98.8 cm³/mol. The fourth-order valence-electron chi connectivity index (χ4n) is 2.92. The molecule has 1 fully saturated rings. The molecule has 0 aliphatic carbocycles. The molecule has 25 heavy (non-hydrogen) atoms. The topological polar surface area (TPSA) is 70.7 Å². The van der Waals surface area contributed by atoms with Crippen LogP contribution >= 0.6 is 0 Å². The molecular weight excluding hydrogens is 318 g/mol. The highest BCUT2D eigenvalue weighted by Gasteiger charge is 2.13. The quantitative estimate of drug-likeness (QED) is 0.708. The third-order valence-corrected chi connectivity index (χ3v) is 4.31. The van der Waals surface area contributed by atoms with E-state index in [0.29, 0.717) is 25.3 Å². The zero-order valence-corrected chi connectivity index (χ0v) is 15.1. The van der Waals surface area contributed by atoms with Gasteiger partial charge >= 0.3 is 0 Å². The first-order chi connectivity index (χ1) is 12.2. The van der Waals surface area contributed by atoms with E-state index < -0.39 is 0 Å². The standard InChI is InChI=1S/C19H29N3O3/c1-25-14-6-11-20-19(24)16-7-9-17(10-8-16)21-18(23)15-22-12-4-2-3-5-13-22/h7-10H,2-6,11-15H2,1H3,(H,20,24)(H,21,23). The fraction of sp³-hybridized carbons (Fsp3) is 0.579. The molecular formula is C19H29N3O3. The Morgan fingerprint density at radius 2 is 1.76 bits per heavy atom. The number of benzene rings is 1. The summed E-state index contributed by atoms with van der Waals surface area (Å²) in [5.74, 6) is -0.114. The number of amides is 2. The van der Waals surface area contributed by atoms with Gasteiger partial charge in [0.05, 0.1) is 6.54 Å². The Balaban J connectivity index is 1.76. The molecule has 1 heterocycles. The largest absolute Gasteiger partial charge is 0.385 e. The highest BCUT2D eigenvalue weighted by Crippen LogP contribution is 2.12. The summed E-state index contributed by atoms with van der Waals surface area (Å²) in [6.07, 6.45) is 5.63. The van der Waals surface area contributed by atoms with Crippen molar-refractivity contribution < 1.29 is 14.3 Å². The van der Waals surface area contributed by atoms with Crippen molar-refractivity contribution in [3.8, 4) is 0 Å². The Labute approximate surface area is 149 Å². The molecule has 0 saturated carbocycles. The van der Waals surface area contributed by atoms with Crippen molar-refractivity contribution in [3.05, 3.63) is 29.8 Å². The average molecular weight is 347 g/mol. The molecule has 1 aliphatic rings. The zero-order chi connectivity index (χ0) is 17.9. The van der Waals surface area contributed by atoms with Gasteiger partial charge < -0.3 is 15.4 Å². The molecule has 0 aromatic heterocycles. The molecule has 1 aliphatic heterocycles. The molecule has 6 nitrogen and oxygen atoms in total. The Kier molecular flexibility index (Phi) is 8.42. The Bertz CT molecular complexity index is 537. The number of carbonyl (C=O) groups is 2. The molecule has 6 heteroatoms. The number of hydrogen-bond acceptors (Lipinski definition) is 4. The van der Waals surface area contributed by atoms with Crippen molar-refractivity contribution in [2.45, 2.75) is 32.1 Å². The van der Waals surface area contributed by atoms with E-state index in [1.165, 1.54) is 25.7 Å². The van der Waals surface area contributed by atoms with Crippen LogP contribution in [0.15, 0.2) is 24.3 Å². The Morgan fingerprint density at radius 3 is 2.40 bits per heavy atom. The number of methoxy groups -OCH3 is 1. The summed E-state index contributed by atoms with van der Waals surface area (Å²) in [7, 11) is 1.64. The lowest BCUT2D eigenvalue weighted by Gasteiger charge is -2.19. The summed E-state index contributed by atoms with van der Waals surface area (Å²) in [5.41, 5.74) is 1.30. The molecule has 0 radical (unpaired) electrons. The molecule has 0 unspecified atom stereocenters. The average Bonchev–Trinajstić information content (AvgIpc) is 2.88. The van der Waals surface area contributed by atoms with Crippen molar-refractivity contribution in [2.75, 3.05) is 45.2 Å². The lowest BCUT2D eigenvalue weighted by molar-refractivity contribution is -0.117. The van der Waals surface area contributed by atoms with Crippen molar-refractivity contribution in [1.29, 1.82) is 0 Å². The minimum absolute atomic E-state index is 0.00123. The van der Waals surface area contributed by atoms with Crippen molar-refractivity contribution in [2.24, 2.45) is 0 Å². The highest BCUT2D eigenvalue weighted by molar-refractivity contribution is 5.96. The number of anilines is 1. The van der Waals surface area contributed by atoms with Gasteiger partial charge in [-0.2, -0.15) is 0 Å². The number of rotatable bonds is 8. The first-order valence-electron chi connectivity index (χ1n) is 9.08. The molecule has 1 aromatic rings. The number of carbonyl (C=O) groups excluding carboxylic acids is 2. The van der Waals surface area contributed by atoms with Crippen LogP contribution in [0.25, 0.3) is 0 Å². The molecule has 138 valence electrons. The summed E-state index contributed by atoms with van der Waals surface area (Å²) in [6, 6.07) is 7.00. The number of nitrogens with one attached hydrogen (secondary N) is 2. The number of ether oxygens (including phenoxy) is 1. The summed E-state index contributed by atoms with van der Waals surface area (Å²) >= 11 is 0. The maximum absolute atomic E-state index is 12.2. The molecule has 0 bridgehead atoms. The van der Waals surface area contributed by atoms with E-state index in [1.807, 2.05) is 0 Å². The SMILES string of the molecule is COCCCNC(=O)c1ccc(NC(=O)CN2CCCCCC2)cc1. The van der Waals surface area contributed by atoms with Gasteiger partial charge in [-0.25, -0.2) is 0 Å². The van der Waals surface area contributed by atoms with Crippen molar-refractivity contribution >= 4 is 17.5 Å². The van der Waals surface area contributed by atoms with E-state index in [2.05, 4.69) is 15.5 Å². The first kappa shape index (κ1) is 19.4. The number of likely N-dealkylation sites (tertiary alicyclic amines) is 1. The van der Waals surface area contributed by atoms with Gasteiger partial charge in [-0.05, 0) is 56.6 Å². The molecule has 1 saturated heterocycles. The molecule has 0 spiro atoms. The van der Waals surface area contributed by atoms with Crippen LogP contribution in [0.4, 0.5) is 5.69 Å². The molecule has 2 amide bonds. The first-order valence-corrected chi connectivity index (χ1v) is 9.08. The van der Waals surface area contributed by atoms with Gasteiger partial charge in [-0.15, -0.1) is 0 Å². The van der Waals surface area contributed by atoms with Gasteiger partial charge in [0.15, 0.2) is 0 Å². The lowest BCUT2D eigenvalue weighted by Crippen LogP contribution is -2.33. The van der Waals surface area contributed by atoms with Crippen LogP contribution in [0.2, 0.25) is 0 Å². The van der Waals surface area contributed by atoms with Crippen LogP contribution in [0.3, 0.4) is 0 Å². The van der Waals surface area contributed by atoms with E-state index in [-0.39, 0.29) is 11.8 Å². The second-order valence-corrected chi connectivity index (χ2v) is 6.42. The zero-order valence-electron chi connectivity index (χ0n) is 15.1.